The van der Waals surface area contributed by atoms with E-state index in [0.717, 1.165) is 0 Å². The largest absolute Gasteiger partial charge is 0.506 e. The third kappa shape index (κ3) is 3.21. The van der Waals surface area contributed by atoms with Crippen LogP contribution < -0.4 is 10.1 Å². The molecule has 0 aliphatic rings. The quantitative estimate of drug-likeness (QED) is 0.804. The maximum Gasteiger partial charge on any atom is 0.262 e. The van der Waals surface area contributed by atoms with Crippen molar-refractivity contribution in [2.24, 2.45) is 0 Å². The summed E-state index contributed by atoms with van der Waals surface area (Å²) in [4.78, 5) is 15.4. The number of ether oxygens (including phenoxy) is 1. The number of anilines is 1. The lowest BCUT2D eigenvalue weighted by atomic mass is 10.3. The molecule has 0 radical (unpaired) electrons. The van der Waals surface area contributed by atoms with Crippen LogP contribution >= 0.6 is 0 Å². The van der Waals surface area contributed by atoms with Crippen LogP contribution in [0, 0.1) is 0 Å². The van der Waals surface area contributed by atoms with Gasteiger partial charge in [-0.25, -0.2) is 0 Å². The minimum Gasteiger partial charge on any atom is -0.506 e. The van der Waals surface area contributed by atoms with Gasteiger partial charge in [-0.05, 0) is 24.3 Å². The highest BCUT2D eigenvalue weighted by Gasteiger charge is 2.06. The number of carbonyl (C=O) groups excluding carboxylic acids is 1. The van der Waals surface area contributed by atoms with Crippen molar-refractivity contribution in [3.05, 3.63) is 48.8 Å². The van der Waals surface area contributed by atoms with E-state index in [1.54, 1.807) is 36.5 Å². The van der Waals surface area contributed by atoms with E-state index in [1.165, 1.54) is 12.3 Å². The van der Waals surface area contributed by atoms with E-state index in [2.05, 4.69) is 10.3 Å². The number of nitrogens with one attached hydrogen (secondary N) is 1. The molecule has 2 N–H and O–H groups in total. The number of aromatic hydroxyl groups is 1. The Morgan fingerprint density at radius 1 is 1.28 bits per heavy atom. The van der Waals surface area contributed by atoms with Gasteiger partial charge in [0.1, 0.15) is 11.5 Å². The minimum atomic E-state index is -0.347. The summed E-state index contributed by atoms with van der Waals surface area (Å²) in [5.41, 5.74) is 0.359. The van der Waals surface area contributed by atoms with Crippen molar-refractivity contribution in [2.75, 3.05) is 11.9 Å². The minimum absolute atomic E-state index is 0.0206. The van der Waals surface area contributed by atoms with Crippen LogP contribution in [0.2, 0.25) is 0 Å². The average Bonchev–Trinajstić information content (AvgIpc) is 2.40. The zero-order valence-electron chi connectivity index (χ0n) is 9.54. The molecule has 18 heavy (non-hydrogen) atoms. The molecule has 0 bridgehead atoms. The Morgan fingerprint density at radius 2 is 2.11 bits per heavy atom. The Bertz CT molecular complexity index is 529. The van der Waals surface area contributed by atoms with E-state index in [-0.39, 0.29) is 18.3 Å². The molecule has 5 nitrogen and oxygen atoms in total. The molecule has 2 rings (SSSR count). The predicted octanol–water partition coefficient (Wildman–Crippen LogP) is 1.80. The second-order valence-electron chi connectivity index (χ2n) is 3.54. The number of phenolic OH excluding ortho intramolecular Hbond substituents is 1. The molecule has 0 unspecified atom stereocenters. The molecule has 0 fully saturated rings. The van der Waals surface area contributed by atoms with Gasteiger partial charge in [0.25, 0.3) is 5.91 Å². The number of phenols is 1. The summed E-state index contributed by atoms with van der Waals surface area (Å²) in [6, 6.07) is 9.93. The number of benzene rings is 1. The van der Waals surface area contributed by atoms with E-state index in [9.17, 15) is 9.90 Å². The fourth-order valence-corrected chi connectivity index (χ4v) is 1.35. The molecule has 0 atom stereocenters. The van der Waals surface area contributed by atoms with E-state index < -0.39 is 0 Å². The molecule has 1 heterocycles. The number of hydrogen-bond donors (Lipinski definition) is 2. The summed E-state index contributed by atoms with van der Waals surface area (Å²) >= 11 is 0. The second-order valence-corrected chi connectivity index (χ2v) is 3.54. The lowest BCUT2D eigenvalue weighted by Gasteiger charge is -2.08. The van der Waals surface area contributed by atoms with Crippen LogP contribution in [0.15, 0.2) is 48.8 Å². The summed E-state index contributed by atoms with van der Waals surface area (Å²) in [5, 5.41) is 12.0. The Hall–Kier alpha value is -2.56. The number of aromatic nitrogens is 1. The molecule has 1 aromatic heterocycles. The van der Waals surface area contributed by atoms with Gasteiger partial charge < -0.3 is 15.2 Å². The van der Waals surface area contributed by atoms with Crippen LogP contribution in [-0.2, 0) is 4.79 Å². The predicted molar refractivity (Wildman–Crippen MR) is 66.5 cm³/mol. The van der Waals surface area contributed by atoms with Gasteiger partial charge in [-0.3, -0.25) is 9.78 Å². The monoisotopic (exact) mass is 244 g/mol. The highest BCUT2D eigenvalue weighted by atomic mass is 16.5. The number of hydrogen-bond acceptors (Lipinski definition) is 4. The van der Waals surface area contributed by atoms with Crippen LogP contribution in [0.5, 0.6) is 11.5 Å². The maximum absolute atomic E-state index is 11.6. The highest BCUT2D eigenvalue weighted by molar-refractivity contribution is 5.93. The summed E-state index contributed by atoms with van der Waals surface area (Å²) < 4.78 is 5.22. The van der Waals surface area contributed by atoms with Crippen molar-refractivity contribution in [2.45, 2.75) is 0 Å². The molecule has 0 spiro atoms. The summed E-state index contributed by atoms with van der Waals surface area (Å²) in [6.45, 7) is -0.139. The van der Waals surface area contributed by atoms with E-state index >= 15 is 0 Å². The molecule has 1 aromatic carbocycles. The molecular weight excluding hydrogens is 232 g/mol. The molecule has 92 valence electrons. The molecular formula is C13H12N2O3. The summed E-state index contributed by atoms with van der Waals surface area (Å²) in [5.74, 6) is 0.192. The van der Waals surface area contributed by atoms with Crippen LogP contribution in [0.25, 0.3) is 0 Å². The molecule has 0 saturated heterocycles. The van der Waals surface area contributed by atoms with Gasteiger partial charge in [-0.15, -0.1) is 0 Å². The zero-order valence-corrected chi connectivity index (χ0v) is 9.54. The number of carbonyl (C=O) groups is 1. The number of pyridine rings is 1. The van der Waals surface area contributed by atoms with Gasteiger partial charge >= 0.3 is 0 Å². The number of nitrogens with zero attached hydrogens (tertiary/aromatic N) is 1. The third-order valence-electron chi connectivity index (χ3n) is 2.18. The van der Waals surface area contributed by atoms with Gasteiger partial charge in [0.05, 0.1) is 11.9 Å². The summed E-state index contributed by atoms with van der Waals surface area (Å²) in [6.07, 6.45) is 3.14. The Balaban J connectivity index is 1.88. The Morgan fingerprint density at radius 3 is 2.83 bits per heavy atom. The Kier molecular flexibility index (Phi) is 3.76. The molecule has 1 amide bonds. The van der Waals surface area contributed by atoms with Crippen molar-refractivity contribution in [1.29, 1.82) is 0 Å². The first-order valence-electron chi connectivity index (χ1n) is 5.36. The molecule has 0 aliphatic heterocycles. The fourth-order valence-electron chi connectivity index (χ4n) is 1.35. The van der Waals surface area contributed by atoms with Gasteiger partial charge in [0, 0.05) is 6.20 Å². The lowest BCUT2D eigenvalue weighted by Crippen LogP contribution is -2.20. The first-order valence-corrected chi connectivity index (χ1v) is 5.36. The third-order valence-corrected chi connectivity index (χ3v) is 2.18. The van der Waals surface area contributed by atoms with Crippen LogP contribution in [0.1, 0.15) is 0 Å². The van der Waals surface area contributed by atoms with Crippen LogP contribution in [0.4, 0.5) is 5.69 Å². The van der Waals surface area contributed by atoms with Crippen molar-refractivity contribution < 1.29 is 14.6 Å². The van der Waals surface area contributed by atoms with E-state index in [0.29, 0.717) is 11.4 Å². The van der Waals surface area contributed by atoms with Crippen molar-refractivity contribution in [3.63, 3.8) is 0 Å². The SMILES string of the molecule is O=C(COc1cccnc1)Nc1ccccc1O. The number of amides is 1. The normalized spacial score (nSPS) is 9.78. The molecule has 5 heteroatoms. The second kappa shape index (κ2) is 5.67. The first-order chi connectivity index (χ1) is 8.75. The first kappa shape index (κ1) is 11.9. The molecule has 0 aliphatic carbocycles. The van der Waals surface area contributed by atoms with Crippen LogP contribution in [0.3, 0.4) is 0 Å². The van der Waals surface area contributed by atoms with Crippen molar-refractivity contribution >= 4 is 11.6 Å². The number of para-hydroxylation sites is 2. The topological polar surface area (TPSA) is 71.5 Å². The van der Waals surface area contributed by atoms with Gasteiger partial charge in [-0.1, -0.05) is 12.1 Å². The van der Waals surface area contributed by atoms with Gasteiger partial charge in [0.2, 0.25) is 0 Å². The summed E-state index contributed by atoms with van der Waals surface area (Å²) in [7, 11) is 0. The standard InChI is InChI=1S/C13H12N2O3/c16-12-6-2-1-5-11(12)15-13(17)9-18-10-4-3-7-14-8-10/h1-8,16H,9H2,(H,15,17). The fraction of sp³-hybridized carbons (Fsp3) is 0.0769. The van der Waals surface area contributed by atoms with E-state index in [1.807, 2.05) is 0 Å². The molecule has 2 aromatic rings. The van der Waals surface area contributed by atoms with Crippen LogP contribution in [-0.4, -0.2) is 22.6 Å². The van der Waals surface area contributed by atoms with E-state index in [4.69, 9.17) is 4.74 Å². The van der Waals surface area contributed by atoms with Crippen molar-refractivity contribution in [1.82, 2.24) is 4.98 Å². The maximum atomic E-state index is 11.6. The highest BCUT2D eigenvalue weighted by Crippen LogP contribution is 2.21. The zero-order chi connectivity index (χ0) is 12.8. The van der Waals surface area contributed by atoms with Crippen molar-refractivity contribution in [3.8, 4) is 11.5 Å². The smallest absolute Gasteiger partial charge is 0.262 e. The Labute approximate surface area is 104 Å². The number of rotatable bonds is 4. The van der Waals surface area contributed by atoms with Gasteiger partial charge in [0.15, 0.2) is 6.61 Å². The molecule has 0 saturated carbocycles. The average molecular weight is 244 g/mol. The lowest BCUT2D eigenvalue weighted by molar-refractivity contribution is -0.118. The van der Waals surface area contributed by atoms with Gasteiger partial charge in [-0.2, -0.15) is 0 Å².